The molecule has 1 saturated carbocycles. The van der Waals surface area contributed by atoms with Crippen molar-refractivity contribution in [3.8, 4) is 0 Å². The Bertz CT molecular complexity index is 545. The van der Waals surface area contributed by atoms with Gasteiger partial charge < -0.3 is 10.6 Å². The molecule has 5 heteroatoms. The maximum atomic E-state index is 5.73. The van der Waals surface area contributed by atoms with E-state index in [1.54, 1.807) is 0 Å². The largest absolute Gasteiger partial charge is 0.399 e. The average molecular weight is 274 g/mol. The molecule has 0 aliphatic heterocycles. The lowest BCUT2D eigenvalue weighted by Crippen LogP contribution is -2.24. The van der Waals surface area contributed by atoms with Crippen molar-refractivity contribution in [3.05, 3.63) is 35.7 Å². The van der Waals surface area contributed by atoms with Crippen molar-refractivity contribution >= 4 is 22.4 Å². The lowest BCUT2D eigenvalue weighted by Gasteiger charge is -2.21. The first-order chi connectivity index (χ1) is 9.26. The lowest BCUT2D eigenvalue weighted by molar-refractivity contribution is 0.785. The second kappa shape index (κ2) is 5.17. The zero-order chi connectivity index (χ0) is 13.2. The fourth-order valence-corrected chi connectivity index (χ4v) is 2.89. The summed E-state index contributed by atoms with van der Waals surface area (Å²) in [5.41, 5.74) is 7.81. The Morgan fingerprint density at radius 2 is 2.05 bits per heavy atom. The van der Waals surface area contributed by atoms with Crippen molar-refractivity contribution in [2.45, 2.75) is 38.8 Å². The van der Waals surface area contributed by atoms with Crippen LogP contribution in [0.25, 0.3) is 0 Å². The van der Waals surface area contributed by atoms with Crippen LogP contribution >= 0.6 is 11.5 Å². The van der Waals surface area contributed by atoms with Crippen LogP contribution in [0.15, 0.2) is 24.3 Å². The van der Waals surface area contributed by atoms with E-state index >= 15 is 0 Å². The van der Waals surface area contributed by atoms with E-state index in [2.05, 4.69) is 33.3 Å². The summed E-state index contributed by atoms with van der Waals surface area (Å²) in [4.78, 5) is 6.99. The molecule has 0 atom stereocenters. The number of aryl methyl sites for hydroxylation is 1. The van der Waals surface area contributed by atoms with Crippen molar-refractivity contribution in [2.75, 3.05) is 10.6 Å². The van der Waals surface area contributed by atoms with Gasteiger partial charge in [-0.1, -0.05) is 19.1 Å². The molecular formula is C14H18N4S. The summed E-state index contributed by atoms with van der Waals surface area (Å²) < 4.78 is 4.39. The predicted octanol–water partition coefficient (Wildman–Crippen LogP) is 2.85. The third-order valence-electron chi connectivity index (χ3n) is 3.34. The zero-order valence-corrected chi connectivity index (χ0v) is 11.9. The average Bonchev–Trinajstić information content (AvgIpc) is 3.15. The highest BCUT2D eigenvalue weighted by Gasteiger charge is 2.31. The topological polar surface area (TPSA) is 55.0 Å². The summed E-state index contributed by atoms with van der Waals surface area (Å²) in [7, 11) is 0. The van der Waals surface area contributed by atoms with E-state index in [0.717, 1.165) is 29.6 Å². The molecule has 0 radical (unpaired) electrons. The summed E-state index contributed by atoms with van der Waals surface area (Å²) in [5, 5.41) is 1.05. The molecule has 2 aromatic rings. The molecule has 19 heavy (non-hydrogen) atoms. The maximum Gasteiger partial charge on any atom is 0.205 e. The predicted molar refractivity (Wildman–Crippen MR) is 79.3 cm³/mol. The molecule has 100 valence electrons. The highest BCUT2D eigenvalue weighted by atomic mass is 32.1. The number of nitrogens with two attached hydrogens (primary N) is 1. The minimum absolute atomic E-state index is 0.634. The highest BCUT2D eigenvalue weighted by molar-refractivity contribution is 7.09. The molecule has 1 aromatic heterocycles. The van der Waals surface area contributed by atoms with Gasteiger partial charge in [0.25, 0.3) is 0 Å². The first kappa shape index (κ1) is 12.4. The van der Waals surface area contributed by atoms with Crippen molar-refractivity contribution in [2.24, 2.45) is 0 Å². The van der Waals surface area contributed by atoms with Crippen molar-refractivity contribution in [1.82, 2.24) is 9.36 Å². The van der Waals surface area contributed by atoms with E-state index in [1.807, 2.05) is 12.1 Å². The number of aromatic nitrogens is 2. The van der Waals surface area contributed by atoms with Crippen LogP contribution in [0.1, 0.15) is 31.2 Å². The molecule has 1 fully saturated rings. The molecule has 3 rings (SSSR count). The Hall–Kier alpha value is -1.62. The Morgan fingerprint density at radius 1 is 1.32 bits per heavy atom. The SMILES string of the molecule is CCc1nsc(N(Cc2ccc(N)cc2)C2CC2)n1. The Labute approximate surface area is 117 Å². The Kier molecular flexibility index (Phi) is 3.38. The number of nitrogen functional groups attached to an aromatic ring is 1. The summed E-state index contributed by atoms with van der Waals surface area (Å²) >= 11 is 1.51. The maximum absolute atomic E-state index is 5.73. The van der Waals surface area contributed by atoms with Gasteiger partial charge in [0.05, 0.1) is 0 Å². The summed E-state index contributed by atoms with van der Waals surface area (Å²) in [6.07, 6.45) is 3.42. The van der Waals surface area contributed by atoms with E-state index in [4.69, 9.17) is 5.73 Å². The van der Waals surface area contributed by atoms with Gasteiger partial charge >= 0.3 is 0 Å². The highest BCUT2D eigenvalue weighted by Crippen LogP contribution is 2.34. The molecule has 1 aliphatic carbocycles. The number of nitrogens with zero attached hydrogens (tertiary/aromatic N) is 3. The molecule has 0 amide bonds. The van der Waals surface area contributed by atoms with E-state index in [9.17, 15) is 0 Å². The van der Waals surface area contributed by atoms with Crippen LogP contribution in [-0.4, -0.2) is 15.4 Å². The van der Waals surface area contributed by atoms with Gasteiger partial charge in [0.1, 0.15) is 5.82 Å². The van der Waals surface area contributed by atoms with Crippen molar-refractivity contribution in [3.63, 3.8) is 0 Å². The van der Waals surface area contributed by atoms with Gasteiger partial charge in [-0.2, -0.15) is 4.37 Å². The number of hydrogen-bond acceptors (Lipinski definition) is 5. The standard InChI is InChI=1S/C14H18N4S/c1-2-13-16-14(19-17-13)18(12-7-8-12)9-10-3-5-11(15)6-4-10/h3-6,12H,2,7-9,15H2,1H3. The fourth-order valence-electron chi connectivity index (χ4n) is 2.06. The van der Waals surface area contributed by atoms with Crippen molar-refractivity contribution < 1.29 is 0 Å². The van der Waals surface area contributed by atoms with Gasteiger partial charge in [-0.05, 0) is 30.5 Å². The molecule has 2 N–H and O–H groups in total. The zero-order valence-electron chi connectivity index (χ0n) is 11.0. The third kappa shape index (κ3) is 2.87. The Morgan fingerprint density at radius 3 is 2.63 bits per heavy atom. The van der Waals surface area contributed by atoms with E-state index < -0.39 is 0 Å². The molecule has 4 nitrogen and oxygen atoms in total. The fraction of sp³-hybridized carbons (Fsp3) is 0.429. The molecule has 0 saturated heterocycles. The first-order valence-electron chi connectivity index (χ1n) is 6.70. The van der Waals surface area contributed by atoms with Crippen LogP contribution in [0, 0.1) is 0 Å². The number of hydrogen-bond donors (Lipinski definition) is 1. The van der Waals surface area contributed by atoms with Crippen molar-refractivity contribution in [1.29, 1.82) is 0 Å². The van der Waals surface area contributed by atoms with Crippen LogP contribution in [-0.2, 0) is 13.0 Å². The van der Waals surface area contributed by atoms with Gasteiger partial charge in [-0.25, -0.2) is 4.98 Å². The summed E-state index contributed by atoms with van der Waals surface area (Å²) in [6, 6.07) is 8.73. The van der Waals surface area contributed by atoms with Crippen LogP contribution in [0.3, 0.4) is 0 Å². The number of benzene rings is 1. The van der Waals surface area contributed by atoms with E-state index in [1.165, 1.54) is 29.9 Å². The second-order valence-corrected chi connectivity index (χ2v) is 5.68. The van der Waals surface area contributed by atoms with E-state index in [-0.39, 0.29) is 0 Å². The molecule has 0 bridgehead atoms. The molecule has 0 spiro atoms. The number of rotatable bonds is 5. The van der Waals surface area contributed by atoms with Gasteiger partial charge in [0.15, 0.2) is 0 Å². The summed E-state index contributed by atoms with van der Waals surface area (Å²) in [6.45, 7) is 2.98. The minimum atomic E-state index is 0.634. The van der Waals surface area contributed by atoms with Gasteiger partial charge in [0.2, 0.25) is 5.13 Å². The van der Waals surface area contributed by atoms with E-state index in [0.29, 0.717) is 6.04 Å². The molecule has 1 aromatic carbocycles. The van der Waals surface area contributed by atoms with Gasteiger partial charge in [0, 0.05) is 36.2 Å². The van der Waals surface area contributed by atoms with Crippen LogP contribution in [0.2, 0.25) is 0 Å². The minimum Gasteiger partial charge on any atom is -0.399 e. The molecule has 1 heterocycles. The smallest absolute Gasteiger partial charge is 0.205 e. The molecule has 0 unspecified atom stereocenters. The molecule has 1 aliphatic rings. The molecular weight excluding hydrogens is 256 g/mol. The third-order valence-corrected chi connectivity index (χ3v) is 4.13. The normalized spacial score (nSPS) is 14.6. The van der Waals surface area contributed by atoms with Crippen LogP contribution < -0.4 is 10.6 Å². The monoisotopic (exact) mass is 274 g/mol. The lowest BCUT2D eigenvalue weighted by atomic mass is 10.2. The van der Waals surface area contributed by atoms with Gasteiger partial charge in [-0.3, -0.25) is 0 Å². The number of anilines is 2. The quantitative estimate of drug-likeness (QED) is 0.852. The van der Waals surface area contributed by atoms with Crippen LogP contribution in [0.4, 0.5) is 10.8 Å². The van der Waals surface area contributed by atoms with Gasteiger partial charge in [-0.15, -0.1) is 0 Å². The van der Waals surface area contributed by atoms with Crippen LogP contribution in [0.5, 0.6) is 0 Å². The summed E-state index contributed by atoms with van der Waals surface area (Å²) in [5.74, 6) is 0.947. The second-order valence-electron chi connectivity index (χ2n) is 4.95. The first-order valence-corrected chi connectivity index (χ1v) is 7.47. The Balaban J connectivity index is 1.79.